The van der Waals surface area contributed by atoms with Crippen molar-refractivity contribution < 1.29 is 96.3 Å². The highest BCUT2D eigenvalue weighted by Crippen LogP contribution is 2.40. The van der Waals surface area contributed by atoms with Crippen LogP contribution in [0.1, 0.15) is 163 Å². The molecule has 3 heterocycles. The van der Waals surface area contributed by atoms with Gasteiger partial charge in [0.2, 0.25) is 0 Å². The number of halogens is 3. The van der Waals surface area contributed by atoms with Crippen LogP contribution in [0.4, 0.5) is 0 Å². The first-order valence-corrected chi connectivity index (χ1v) is 31.5. The van der Waals surface area contributed by atoms with Gasteiger partial charge in [-0.25, -0.2) is 19.2 Å². The highest BCUT2D eigenvalue weighted by atomic mass is 79.9. The highest BCUT2D eigenvalue weighted by molar-refractivity contribution is 9.09. The molecule has 0 amide bonds. The number of benzene rings is 4. The Morgan fingerprint density at radius 3 is 1.08 bits per heavy atom. The van der Waals surface area contributed by atoms with Crippen molar-refractivity contribution in [2.75, 3.05) is 53.1 Å². The van der Waals surface area contributed by atoms with E-state index in [0.29, 0.717) is 45.4 Å². The van der Waals surface area contributed by atoms with E-state index in [1.807, 2.05) is 39.0 Å². The predicted octanol–water partition coefficient (Wildman–Crippen LogP) is 13.8. The first-order valence-electron chi connectivity index (χ1n) is 29.3. The lowest BCUT2D eigenvalue weighted by Gasteiger charge is -2.19. The molecule has 0 saturated carbocycles. The molecular weight excluding hydrogens is 1390 g/mol. The number of ether oxygens (including phenoxy) is 9. The van der Waals surface area contributed by atoms with Gasteiger partial charge in [0.05, 0.1) is 52.5 Å². The van der Waals surface area contributed by atoms with Crippen molar-refractivity contribution in [3.8, 4) is 57.3 Å². The highest BCUT2D eigenvalue weighted by Gasteiger charge is 2.34. The molecule has 7 aromatic rings. The van der Waals surface area contributed by atoms with E-state index < -0.39 is 53.4 Å². The van der Waals surface area contributed by atoms with Crippen LogP contribution in [0.3, 0.4) is 0 Å². The average Bonchev–Trinajstić information content (AvgIpc) is 1.63. The summed E-state index contributed by atoms with van der Waals surface area (Å²) in [5, 5.41) is 31.6. The normalized spacial score (nSPS) is 10.5. The standard InChI is InChI=1S/C23H29NO7.C17H19NO5.C16H17NO6.C7H7Br.C6H11BrO2.ClH/c1-8-29-22(27)20-21(30-13-18(26)31-23(4,5)6)14(2)19(15(3)25)24(20)16-9-11-17(28-7)12-10-16;1-5-23-17(21)15-16(20)10(2)14(11(3)19)18(15)12-6-8-13(22-4)9-7-12;1-4-23-16(21)13-15(20)14(19)12(9(2)18)17(13)10-5-7-11(22-3)8-6-10;8-6-7-4-2-1-3-5-7;1-6(2,3)9-5(8)4-7;/h9-12H,8,13H2,1-7H3;6-9,20H,5H2,1-4H3;5-8,19-20H,4H2,1-3H3;1-5H,6H2;4H2,1-3H3;1H. The van der Waals surface area contributed by atoms with Gasteiger partial charge in [0.25, 0.3) is 0 Å². The van der Waals surface area contributed by atoms with E-state index in [-0.39, 0.29) is 106 Å². The van der Waals surface area contributed by atoms with Crippen LogP contribution in [0.25, 0.3) is 17.1 Å². The molecule has 3 aromatic heterocycles. The first-order chi connectivity index (χ1) is 44.2. The molecule has 0 bridgehead atoms. The number of methoxy groups -OCH3 is 3. The summed E-state index contributed by atoms with van der Waals surface area (Å²) in [7, 11) is 4.60. The molecule has 0 aliphatic carbocycles. The second kappa shape index (κ2) is 38.3. The molecule has 0 unspecified atom stereocenters. The number of alkyl halides is 2. The van der Waals surface area contributed by atoms with Gasteiger partial charge in [-0.05, 0) is 155 Å². The molecule has 95 heavy (non-hydrogen) atoms. The summed E-state index contributed by atoms with van der Waals surface area (Å²) in [4.78, 5) is 96.3. The van der Waals surface area contributed by atoms with Gasteiger partial charge >= 0.3 is 29.8 Å². The summed E-state index contributed by atoms with van der Waals surface area (Å²) in [6, 6.07) is 30.4. The maximum atomic E-state index is 12.9. The minimum atomic E-state index is -0.844. The molecule has 3 N–H and O–H groups in total. The Labute approximate surface area is 576 Å². The number of hydrogen-bond acceptors (Lipinski definition) is 20. The zero-order valence-electron chi connectivity index (χ0n) is 56.3. The van der Waals surface area contributed by atoms with Gasteiger partial charge in [-0.1, -0.05) is 62.2 Å². The molecule has 0 atom stereocenters. The fraction of sp³-hybridized carbons (Fsp3) is 0.362. The third-order valence-corrected chi connectivity index (χ3v) is 13.6. The van der Waals surface area contributed by atoms with E-state index in [2.05, 4.69) is 44.0 Å². The second-order valence-corrected chi connectivity index (χ2v) is 23.0. The van der Waals surface area contributed by atoms with Crippen LogP contribution in [0.5, 0.6) is 40.2 Å². The summed E-state index contributed by atoms with van der Waals surface area (Å²) in [5.41, 5.74) is 2.53. The van der Waals surface area contributed by atoms with Crippen LogP contribution in [-0.4, -0.2) is 141 Å². The lowest BCUT2D eigenvalue weighted by molar-refractivity contribution is -0.157. The molecule has 0 spiro atoms. The second-order valence-electron chi connectivity index (χ2n) is 21.9. The number of carbonyl (C=O) groups excluding carboxylic acids is 8. The Morgan fingerprint density at radius 1 is 0.442 bits per heavy atom. The molecule has 0 saturated heterocycles. The van der Waals surface area contributed by atoms with Crippen LogP contribution >= 0.6 is 44.3 Å². The van der Waals surface area contributed by atoms with Crippen LogP contribution in [0.15, 0.2) is 103 Å². The van der Waals surface area contributed by atoms with Crippen LogP contribution < -0.4 is 18.9 Å². The topological polar surface area (TPSA) is 295 Å². The summed E-state index contributed by atoms with van der Waals surface area (Å²) in [6.07, 6.45) is 0. The third-order valence-electron chi connectivity index (χ3n) is 12.5. The van der Waals surface area contributed by atoms with Gasteiger partial charge in [0, 0.05) is 54.3 Å². The van der Waals surface area contributed by atoms with Crippen molar-refractivity contribution in [2.24, 2.45) is 0 Å². The van der Waals surface area contributed by atoms with Gasteiger partial charge in [-0.15, -0.1) is 12.4 Å². The van der Waals surface area contributed by atoms with Crippen molar-refractivity contribution in [1.29, 1.82) is 0 Å². The van der Waals surface area contributed by atoms with Crippen LogP contribution in [0, 0.1) is 13.8 Å². The Morgan fingerprint density at radius 2 is 0.768 bits per heavy atom. The van der Waals surface area contributed by atoms with Crippen molar-refractivity contribution in [3.05, 3.63) is 154 Å². The van der Waals surface area contributed by atoms with Crippen LogP contribution in [-0.2, 0) is 38.6 Å². The molecule has 26 heteroatoms. The van der Waals surface area contributed by atoms with Gasteiger partial charge in [0.1, 0.15) is 39.5 Å². The SMILES string of the molecule is BrCc1ccccc1.CC(C)(C)OC(=O)CBr.CCOC(=O)c1c(O)c(C)c(C(C)=O)n1-c1ccc(OC)cc1.CCOC(=O)c1c(O)c(O)c(C(C)=O)n1-c1ccc(OC)cc1.CCOC(=O)c1c(OCC(=O)OC(C)(C)C)c(C)c(C(C)=O)n1-c1ccc(OC)cc1.Cl. The molecule has 0 radical (unpaired) electrons. The van der Waals surface area contributed by atoms with E-state index in [9.17, 15) is 53.7 Å². The van der Waals surface area contributed by atoms with Gasteiger partial charge in [-0.2, -0.15) is 0 Å². The maximum absolute atomic E-state index is 12.9. The van der Waals surface area contributed by atoms with Crippen molar-refractivity contribution in [3.63, 3.8) is 0 Å². The first kappa shape index (κ1) is 82.0. The zero-order chi connectivity index (χ0) is 70.9. The smallest absolute Gasteiger partial charge is 0.359 e. The van der Waals surface area contributed by atoms with Gasteiger partial charge in [-0.3, -0.25) is 32.9 Å². The molecule has 0 aliphatic rings. The number of aromatic hydroxyl groups is 3. The Kier molecular flexibility index (Phi) is 33.1. The Bertz CT molecular complexity index is 3600. The summed E-state index contributed by atoms with van der Waals surface area (Å²) < 4.78 is 50.4. The van der Waals surface area contributed by atoms with E-state index in [4.69, 9.17) is 42.6 Å². The number of ketones is 3. The molecule has 0 aliphatic heterocycles. The summed E-state index contributed by atoms with van der Waals surface area (Å²) >= 11 is 6.35. The summed E-state index contributed by atoms with van der Waals surface area (Å²) in [6.45, 7) is 22.9. The third kappa shape index (κ3) is 23.1. The Balaban J connectivity index is 0.000000433. The van der Waals surface area contributed by atoms with E-state index in [1.54, 1.807) is 142 Å². The van der Waals surface area contributed by atoms with E-state index in [0.717, 1.165) is 5.33 Å². The number of aromatic nitrogens is 3. The minimum Gasteiger partial charge on any atom is -0.505 e. The fourth-order valence-corrected chi connectivity index (χ4v) is 9.29. The van der Waals surface area contributed by atoms with Gasteiger partial charge < -0.3 is 58.0 Å². The molecule has 7 rings (SSSR count). The molecule has 516 valence electrons. The van der Waals surface area contributed by atoms with Crippen molar-refractivity contribution in [2.45, 2.75) is 113 Å². The van der Waals surface area contributed by atoms with E-state index in [1.165, 1.54) is 47.1 Å². The predicted molar refractivity (Wildman–Crippen MR) is 367 cm³/mol. The minimum absolute atomic E-state index is 0. The number of Topliss-reactive ketones (excluding diaryl/α,β-unsaturated/α-hetero) is 3. The monoisotopic (exact) mass is 1470 g/mol. The zero-order valence-corrected chi connectivity index (χ0v) is 60.3. The fourth-order valence-electron chi connectivity index (χ4n) is 8.80. The van der Waals surface area contributed by atoms with Gasteiger partial charge in [0.15, 0.2) is 64.0 Å². The number of hydrogen-bond donors (Lipinski definition) is 3. The largest absolute Gasteiger partial charge is 0.505 e. The molecule has 0 fully saturated rings. The number of nitrogens with zero attached hydrogens (tertiary/aromatic N) is 3. The number of esters is 5. The lowest BCUT2D eigenvalue weighted by atomic mass is 10.2. The lowest BCUT2D eigenvalue weighted by Crippen LogP contribution is -2.27. The quantitative estimate of drug-likeness (QED) is 0.0276. The molecule has 23 nitrogen and oxygen atoms in total. The van der Waals surface area contributed by atoms with E-state index >= 15 is 0 Å². The Hall–Kier alpha value is -9.07. The van der Waals surface area contributed by atoms with Crippen LogP contribution in [0.2, 0.25) is 0 Å². The average molecular weight is 1470 g/mol. The maximum Gasteiger partial charge on any atom is 0.359 e. The van der Waals surface area contributed by atoms with Crippen molar-refractivity contribution >= 4 is 91.5 Å². The molecular formula is C69H84Br2ClN3O20. The number of carbonyl (C=O) groups is 8. The molecule has 4 aromatic carbocycles. The summed E-state index contributed by atoms with van der Waals surface area (Å²) in [5.74, 6) is -3.70. The van der Waals surface area contributed by atoms with Crippen molar-refractivity contribution in [1.82, 2.24) is 13.7 Å². The number of rotatable bonds is 20.